The molecule has 2 nitrogen and oxygen atoms in total. The van der Waals surface area contributed by atoms with Crippen molar-refractivity contribution in [3.8, 4) is 0 Å². The van der Waals surface area contributed by atoms with E-state index in [2.05, 4.69) is 17.9 Å². The minimum atomic E-state index is -0.268. The highest BCUT2D eigenvalue weighted by Crippen LogP contribution is 2.38. The summed E-state index contributed by atoms with van der Waals surface area (Å²) >= 11 is 0. The highest BCUT2D eigenvalue weighted by Gasteiger charge is 2.39. The Balaban J connectivity index is 1.71. The van der Waals surface area contributed by atoms with E-state index in [1.54, 1.807) is 0 Å². The summed E-state index contributed by atoms with van der Waals surface area (Å²) in [6, 6.07) is 0. The number of hydrogen-bond acceptors (Lipinski definition) is 2. The van der Waals surface area contributed by atoms with Gasteiger partial charge in [-0.3, -0.25) is 4.90 Å². The molecule has 1 aliphatic carbocycles. The largest absolute Gasteiger partial charge is 0.390 e. The molecule has 0 aromatic carbocycles. The highest BCUT2D eigenvalue weighted by atomic mass is 16.3. The second kappa shape index (κ2) is 3.43. The van der Waals surface area contributed by atoms with Crippen LogP contribution < -0.4 is 0 Å². The predicted octanol–water partition coefficient (Wildman–Crippen LogP) is 1.55. The predicted molar refractivity (Wildman–Crippen MR) is 53.6 cm³/mol. The molecule has 0 spiro atoms. The summed E-state index contributed by atoms with van der Waals surface area (Å²) in [6.45, 7) is 5.53. The van der Waals surface area contributed by atoms with Crippen molar-refractivity contribution in [1.82, 2.24) is 4.90 Å². The molecule has 0 aromatic rings. The van der Waals surface area contributed by atoms with E-state index >= 15 is 0 Å². The second-order valence-corrected chi connectivity index (χ2v) is 4.58. The lowest BCUT2D eigenvalue weighted by molar-refractivity contribution is 0.121. The first-order valence-corrected chi connectivity index (χ1v) is 5.28. The second-order valence-electron chi connectivity index (χ2n) is 4.58. The van der Waals surface area contributed by atoms with Crippen LogP contribution in [0.15, 0.2) is 11.6 Å². The molecule has 1 saturated carbocycles. The van der Waals surface area contributed by atoms with Crippen molar-refractivity contribution in [2.45, 2.75) is 38.2 Å². The quantitative estimate of drug-likeness (QED) is 0.668. The number of hydrogen-bond donors (Lipinski definition) is 1. The van der Waals surface area contributed by atoms with E-state index in [1.807, 2.05) is 0 Å². The number of aliphatic hydroxyl groups is 1. The number of rotatable bonds is 3. The van der Waals surface area contributed by atoms with E-state index in [-0.39, 0.29) is 5.60 Å². The topological polar surface area (TPSA) is 23.5 Å². The Morgan fingerprint density at radius 3 is 2.85 bits per heavy atom. The van der Waals surface area contributed by atoms with Gasteiger partial charge < -0.3 is 5.11 Å². The molecule has 2 rings (SSSR count). The minimum absolute atomic E-state index is 0.268. The lowest BCUT2D eigenvalue weighted by atomic mass is 10.1. The van der Waals surface area contributed by atoms with Gasteiger partial charge in [0.25, 0.3) is 0 Å². The molecule has 2 aliphatic rings. The van der Waals surface area contributed by atoms with E-state index in [9.17, 15) is 5.11 Å². The smallest absolute Gasteiger partial charge is 0.0662 e. The van der Waals surface area contributed by atoms with E-state index < -0.39 is 0 Å². The molecule has 1 fully saturated rings. The van der Waals surface area contributed by atoms with Crippen molar-refractivity contribution in [3.63, 3.8) is 0 Å². The Morgan fingerprint density at radius 1 is 1.54 bits per heavy atom. The van der Waals surface area contributed by atoms with E-state index in [4.69, 9.17) is 0 Å². The summed E-state index contributed by atoms with van der Waals surface area (Å²) in [6.07, 6.45) is 6.53. The van der Waals surface area contributed by atoms with Gasteiger partial charge >= 0.3 is 0 Å². The Hall–Kier alpha value is -0.340. The first-order chi connectivity index (χ1) is 6.18. The SMILES string of the molecule is CC1=CCN(CCC2(O)CC2)CC1. The lowest BCUT2D eigenvalue weighted by Crippen LogP contribution is -2.31. The van der Waals surface area contributed by atoms with Crippen molar-refractivity contribution in [2.75, 3.05) is 19.6 Å². The summed E-state index contributed by atoms with van der Waals surface area (Å²) in [7, 11) is 0. The van der Waals surface area contributed by atoms with E-state index in [0.717, 1.165) is 32.4 Å². The molecular formula is C11H19NO. The van der Waals surface area contributed by atoms with Crippen molar-refractivity contribution in [2.24, 2.45) is 0 Å². The zero-order valence-corrected chi connectivity index (χ0v) is 8.42. The van der Waals surface area contributed by atoms with Gasteiger partial charge in [0.05, 0.1) is 5.60 Å². The van der Waals surface area contributed by atoms with Crippen LogP contribution in [0.1, 0.15) is 32.6 Å². The Morgan fingerprint density at radius 2 is 2.31 bits per heavy atom. The summed E-state index contributed by atoms with van der Waals surface area (Å²) in [4.78, 5) is 2.43. The maximum Gasteiger partial charge on any atom is 0.0662 e. The minimum Gasteiger partial charge on any atom is -0.390 e. The Bertz CT molecular complexity index is 218. The summed E-state index contributed by atoms with van der Waals surface area (Å²) in [5.74, 6) is 0. The van der Waals surface area contributed by atoms with Crippen LogP contribution in [-0.4, -0.2) is 35.2 Å². The molecule has 1 aliphatic heterocycles. The van der Waals surface area contributed by atoms with Gasteiger partial charge in [-0.2, -0.15) is 0 Å². The fraction of sp³-hybridized carbons (Fsp3) is 0.818. The summed E-state index contributed by atoms with van der Waals surface area (Å²) in [5.41, 5.74) is 1.25. The van der Waals surface area contributed by atoms with Crippen LogP contribution in [0.25, 0.3) is 0 Å². The summed E-state index contributed by atoms with van der Waals surface area (Å²) < 4.78 is 0. The average molecular weight is 181 g/mol. The van der Waals surface area contributed by atoms with Crippen molar-refractivity contribution in [1.29, 1.82) is 0 Å². The molecule has 0 saturated heterocycles. The fourth-order valence-electron chi connectivity index (χ4n) is 1.78. The first kappa shape index (κ1) is 9.22. The zero-order chi connectivity index (χ0) is 9.31. The van der Waals surface area contributed by atoms with Crippen LogP contribution in [0.5, 0.6) is 0 Å². The standard InChI is InChI=1S/C11H19NO/c1-10-2-7-12(8-3-10)9-6-11(13)4-5-11/h2,13H,3-9H2,1H3. The highest BCUT2D eigenvalue weighted by molar-refractivity contribution is 5.04. The molecule has 74 valence electrons. The van der Waals surface area contributed by atoms with Gasteiger partial charge in [0.2, 0.25) is 0 Å². The maximum absolute atomic E-state index is 9.67. The lowest BCUT2D eigenvalue weighted by Gasteiger charge is -2.26. The molecule has 0 unspecified atom stereocenters. The third-order valence-corrected chi connectivity index (χ3v) is 3.24. The average Bonchev–Trinajstić information content (AvgIpc) is 2.84. The molecule has 0 bridgehead atoms. The monoisotopic (exact) mass is 181 g/mol. The third-order valence-electron chi connectivity index (χ3n) is 3.24. The first-order valence-electron chi connectivity index (χ1n) is 5.28. The molecular weight excluding hydrogens is 162 g/mol. The van der Waals surface area contributed by atoms with Crippen molar-refractivity contribution in [3.05, 3.63) is 11.6 Å². The van der Waals surface area contributed by atoms with Crippen LogP contribution in [0.4, 0.5) is 0 Å². The Kier molecular flexibility index (Phi) is 2.43. The zero-order valence-electron chi connectivity index (χ0n) is 8.42. The van der Waals surface area contributed by atoms with E-state index in [1.165, 1.54) is 18.5 Å². The molecule has 0 aromatic heterocycles. The molecule has 0 radical (unpaired) electrons. The van der Waals surface area contributed by atoms with Gasteiger partial charge in [0.15, 0.2) is 0 Å². The van der Waals surface area contributed by atoms with Gasteiger partial charge in [-0.15, -0.1) is 0 Å². The molecule has 1 heterocycles. The molecule has 0 amide bonds. The fourth-order valence-corrected chi connectivity index (χ4v) is 1.78. The Labute approximate surface area is 80.2 Å². The molecule has 0 atom stereocenters. The molecule has 1 N–H and O–H groups in total. The van der Waals surface area contributed by atoms with E-state index in [0.29, 0.717) is 0 Å². The third kappa shape index (κ3) is 2.55. The van der Waals surface area contributed by atoms with Crippen LogP contribution in [0.2, 0.25) is 0 Å². The van der Waals surface area contributed by atoms with Gasteiger partial charge in [-0.1, -0.05) is 11.6 Å². The maximum atomic E-state index is 9.67. The van der Waals surface area contributed by atoms with Crippen LogP contribution in [-0.2, 0) is 0 Å². The van der Waals surface area contributed by atoms with Crippen molar-refractivity contribution < 1.29 is 5.11 Å². The summed E-state index contributed by atoms with van der Waals surface area (Å²) in [5, 5.41) is 9.67. The van der Waals surface area contributed by atoms with Gasteiger partial charge in [-0.05, 0) is 32.6 Å². The van der Waals surface area contributed by atoms with Crippen LogP contribution in [0.3, 0.4) is 0 Å². The van der Waals surface area contributed by atoms with Crippen LogP contribution >= 0.6 is 0 Å². The van der Waals surface area contributed by atoms with Gasteiger partial charge in [0, 0.05) is 19.6 Å². The van der Waals surface area contributed by atoms with Gasteiger partial charge in [-0.25, -0.2) is 0 Å². The molecule has 2 heteroatoms. The molecule has 13 heavy (non-hydrogen) atoms. The number of nitrogens with zero attached hydrogens (tertiary/aromatic N) is 1. The van der Waals surface area contributed by atoms with Crippen molar-refractivity contribution >= 4 is 0 Å². The normalized spacial score (nSPS) is 27.1. The van der Waals surface area contributed by atoms with Gasteiger partial charge in [0.1, 0.15) is 0 Å². The van der Waals surface area contributed by atoms with Crippen LogP contribution in [0, 0.1) is 0 Å².